The quantitative estimate of drug-likeness (QED) is 0.272. The molecule has 168 valence electrons. The molecule has 3 aromatic carbocycles. The van der Waals surface area contributed by atoms with E-state index in [2.05, 4.69) is 81.4 Å². The van der Waals surface area contributed by atoms with E-state index in [4.69, 9.17) is 9.40 Å². The summed E-state index contributed by atoms with van der Waals surface area (Å²) in [7, 11) is 0. The van der Waals surface area contributed by atoms with Crippen LogP contribution in [0.5, 0.6) is 0 Å². The van der Waals surface area contributed by atoms with Gasteiger partial charge in [0.25, 0.3) is 0 Å². The summed E-state index contributed by atoms with van der Waals surface area (Å²) >= 11 is 0. The molecule has 5 aromatic rings. The molecule has 0 radical (unpaired) electrons. The third-order valence-electron chi connectivity index (χ3n) is 8.41. The smallest absolute Gasteiger partial charge is 0.145 e. The van der Waals surface area contributed by atoms with E-state index in [9.17, 15) is 0 Å². The third-order valence-corrected chi connectivity index (χ3v) is 8.41. The van der Waals surface area contributed by atoms with Gasteiger partial charge in [0.15, 0.2) is 0 Å². The van der Waals surface area contributed by atoms with Crippen molar-refractivity contribution in [2.24, 2.45) is 0 Å². The Hall–Kier alpha value is -3.39. The van der Waals surface area contributed by atoms with Crippen LogP contribution in [0.25, 0.3) is 44.3 Å². The van der Waals surface area contributed by atoms with Crippen LogP contribution in [0.1, 0.15) is 67.7 Å². The summed E-state index contributed by atoms with van der Waals surface area (Å²) in [5, 5.41) is 2.39. The molecule has 0 atom stereocenters. The summed E-state index contributed by atoms with van der Waals surface area (Å²) in [5.74, 6) is 0.458. The van der Waals surface area contributed by atoms with Crippen LogP contribution in [-0.4, -0.2) is 4.98 Å². The second-order valence-corrected chi connectivity index (χ2v) is 10.6. The predicted molar refractivity (Wildman–Crippen MR) is 140 cm³/mol. The van der Waals surface area contributed by atoms with Gasteiger partial charge < -0.3 is 4.42 Å². The van der Waals surface area contributed by atoms with E-state index in [0.717, 1.165) is 22.4 Å². The molecule has 0 saturated heterocycles. The van der Waals surface area contributed by atoms with Crippen LogP contribution in [-0.2, 0) is 5.41 Å². The van der Waals surface area contributed by atoms with Crippen LogP contribution in [0.2, 0.25) is 0 Å². The van der Waals surface area contributed by atoms with Crippen molar-refractivity contribution < 1.29 is 4.42 Å². The van der Waals surface area contributed by atoms with Crippen molar-refractivity contribution >= 4 is 21.9 Å². The van der Waals surface area contributed by atoms with E-state index in [0.29, 0.717) is 5.92 Å². The number of hydrogen-bond donors (Lipinski definition) is 0. The van der Waals surface area contributed by atoms with Crippen molar-refractivity contribution in [3.8, 4) is 22.4 Å². The highest BCUT2D eigenvalue weighted by atomic mass is 16.3. The molecule has 0 unspecified atom stereocenters. The zero-order chi connectivity index (χ0) is 23.0. The topological polar surface area (TPSA) is 26.0 Å². The van der Waals surface area contributed by atoms with Crippen molar-refractivity contribution in [3.63, 3.8) is 0 Å². The molecule has 1 fully saturated rings. The van der Waals surface area contributed by atoms with Crippen molar-refractivity contribution in [1.82, 2.24) is 4.98 Å². The highest BCUT2D eigenvalue weighted by Gasteiger charge is 2.46. The minimum absolute atomic E-state index is 0.158. The van der Waals surface area contributed by atoms with Gasteiger partial charge in [0, 0.05) is 33.5 Å². The van der Waals surface area contributed by atoms with E-state index in [1.165, 1.54) is 69.8 Å². The lowest BCUT2D eigenvalue weighted by molar-refractivity contribution is 0.549. The van der Waals surface area contributed by atoms with Crippen LogP contribution >= 0.6 is 0 Å². The predicted octanol–water partition coefficient (Wildman–Crippen LogP) is 8.92. The zero-order valence-corrected chi connectivity index (χ0v) is 20.1. The summed E-state index contributed by atoms with van der Waals surface area (Å²) in [6.45, 7) is 6.62. The van der Waals surface area contributed by atoms with E-state index >= 15 is 0 Å². The second-order valence-electron chi connectivity index (χ2n) is 10.6. The van der Waals surface area contributed by atoms with Gasteiger partial charge in [0.05, 0.1) is 5.69 Å². The van der Waals surface area contributed by atoms with Gasteiger partial charge in [-0.25, -0.2) is 0 Å². The molecular formula is C32H29NO. The molecule has 1 spiro atoms. The second kappa shape index (κ2) is 7.06. The maximum absolute atomic E-state index is 6.88. The van der Waals surface area contributed by atoms with Crippen molar-refractivity contribution in [3.05, 3.63) is 89.1 Å². The largest absolute Gasteiger partial charge is 0.455 e. The molecule has 2 aliphatic rings. The van der Waals surface area contributed by atoms with Gasteiger partial charge >= 0.3 is 0 Å². The summed E-state index contributed by atoms with van der Waals surface area (Å²) in [4.78, 5) is 4.78. The number of nitrogens with zero attached hydrogens (tertiary/aromatic N) is 1. The summed E-state index contributed by atoms with van der Waals surface area (Å²) in [5.41, 5.74) is 12.4. The van der Waals surface area contributed by atoms with Crippen LogP contribution in [0.3, 0.4) is 0 Å². The van der Waals surface area contributed by atoms with Crippen molar-refractivity contribution in [2.45, 2.75) is 57.8 Å². The van der Waals surface area contributed by atoms with Crippen molar-refractivity contribution in [2.75, 3.05) is 0 Å². The Bertz CT molecular complexity index is 1600. The van der Waals surface area contributed by atoms with E-state index in [1.54, 1.807) is 0 Å². The number of aromatic nitrogens is 1. The van der Waals surface area contributed by atoms with Gasteiger partial charge in [0.2, 0.25) is 0 Å². The van der Waals surface area contributed by atoms with Gasteiger partial charge in [-0.15, -0.1) is 0 Å². The average molecular weight is 444 g/mol. The molecule has 7 rings (SSSR count). The molecule has 2 aliphatic carbocycles. The van der Waals surface area contributed by atoms with Gasteiger partial charge in [-0.3, -0.25) is 4.98 Å². The van der Waals surface area contributed by atoms with Gasteiger partial charge in [-0.1, -0.05) is 75.2 Å². The first kappa shape index (κ1) is 20.0. The van der Waals surface area contributed by atoms with Crippen LogP contribution in [0.4, 0.5) is 0 Å². The van der Waals surface area contributed by atoms with Crippen LogP contribution in [0, 0.1) is 6.92 Å². The molecule has 0 amide bonds. The van der Waals surface area contributed by atoms with E-state index in [-0.39, 0.29) is 5.41 Å². The van der Waals surface area contributed by atoms with Crippen molar-refractivity contribution in [1.29, 1.82) is 0 Å². The monoisotopic (exact) mass is 443 g/mol. The number of rotatable bonds is 2. The lowest BCUT2D eigenvalue weighted by Gasteiger charge is -2.26. The fourth-order valence-corrected chi connectivity index (χ4v) is 6.71. The van der Waals surface area contributed by atoms with Crippen LogP contribution < -0.4 is 0 Å². The maximum Gasteiger partial charge on any atom is 0.145 e. The van der Waals surface area contributed by atoms with Gasteiger partial charge in [0.1, 0.15) is 11.2 Å². The summed E-state index contributed by atoms with van der Waals surface area (Å²) in [6, 6.07) is 22.5. The molecular weight excluding hydrogens is 414 g/mol. The molecule has 2 nitrogen and oxygen atoms in total. The number of aryl methyl sites for hydroxylation is 1. The number of hydrogen-bond acceptors (Lipinski definition) is 2. The summed E-state index contributed by atoms with van der Waals surface area (Å²) < 4.78 is 6.88. The number of benzene rings is 3. The molecule has 0 aliphatic heterocycles. The Morgan fingerprint density at radius 1 is 0.824 bits per heavy atom. The molecule has 2 heterocycles. The lowest BCUT2D eigenvalue weighted by atomic mass is 9.77. The molecule has 2 aromatic heterocycles. The Balaban J connectivity index is 1.56. The Labute approximate surface area is 200 Å². The maximum atomic E-state index is 6.88. The summed E-state index contributed by atoms with van der Waals surface area (Å²) in [6.07, 6.45) is 7.00. The Morgan fingerprint density at radius 2 is 1.56 bits per heavy atom. The standard InChI is InChI=1S/C32H29NO/c1-19(2)21-14-17-33-27(18-21)28-20(3)10-11-22-23-12-13-26-29(31(23)34-30(22)28)24-8-4-5-9-25(24)32(26)15-6-7-16-32/h4-5,8-14,17-19H,6-7,15-16H2,1-3H3. The van der Waals surface area contributed by atoms with Gasteiger partial charge in [-0.05, 0) is 65.6 Å². The minimum atomic E-state index is 0.158. The molecule has 0 N–H and O–H groups in total. The van der Waals surface area contributed by atoms with E-state index < -0.39 is 0 Å². The minimum Gasteiger partial charge on any atom is -0.455 e. The van der Waals surface area contributed by atoms with Gasteiger partial charge in [-0.2, -0.15) is 0 Å². The molecule has 2 heteroatoms. The Kier molecular flexibility index (Phi) is 4.16. The molecule has 1 saturated carbocycles. The first-order valence-electron chi connectivity index (χ1n) is 12.6. The molecule has 34 heavy (non-hydrogen) atoms. The Morgan fingerprint density at radius 3 is 2.35 bits per heavy atom. The fraction of sp³-hybridized carbons (Fsp3) is 0.281. The molecule has 0 bridgehead atoms. The number of fused-ring (bicyclic) bond motifs is 9. The third kappa shape index (κ3) is 2.54. The normalized spacial score (nSPS) is 16.1. The zero-order valence-electron chi connectivity index (χ0n) is 20.1. The fourth-order valence-electron chi connectivity index (χ4n) is 6.71. The number of furan rings is 1. The van der Waals surface area contributed by atoms with Crippen LogP contribution in [0.15, 0.2) is 71.3 Å². The highest BCUT2D eigenvalue weighted by molar-refractivity contribution is 6.14. The average Bonchev–Trinajstić information content (AvgIpc) is 3.55. The first-order chi connectivity index (χ1) is 16.6. The SMILES string of the molecule is Cc1ccc2c(oc3c4c(ccc32)C2(CCCC2)c2ccccc2-4)c1-c1cc(C(C)C)ccn1. The highest BCUT2D eigenvalue weighted by Crippen LogP contribution is 2.59. The first-order valence-corrected chi connectivity index (χ1v) is 12.6. The van der Waals surface area contributed by atoms with E-state index in [1.807, 2.05) is 6.20 Å². The number of pyridine rings is 1. The lowest BCUT2D eigenvalue weighted by Crippen LogP contribution is -2.20.